The highest BCUT2D eigenvalue weighted by Gasteiger charge is 2.23. The molecule has 106 valence electrons. The number of benzene rings is 1. The zero-order valence-corrected chi connectivity index (χ0v) is 11.7. The third-order valence-electron chi connectivity index (χ3n) is 3.97. The van der Waals surface area contributed by atoms with Crippen molar-refractivity contribution in [2.45, 2.75) is 37.9 Å². The van der Waals surface area contributed by atoms with Gasteiger partial charge in [0.25, 0.3) is 0 Å². The van der Waals surface area contributed by atoms with Gasteiger partial charge in [-0.15, -0.1) is 0 Å². The van der Waals surface area contributed by atoms with Crippen molar-refractivity contribution in [1.29, 1.82) is 0 Å². The quantitative estimate of drug-likeness (QED) is 0.872. The molecule has 3 rings (SSSR count). The monoisotopic (exact) mass is 272 g/mol. The van der Waals surface area contributed by atoms with Crippen LogP contribution in [0.5, 0.6) is 5.75 Å². The van der Waals surface area contributed by atoms with E-state index in [4.69, 9.17) is 15.2 Å². The van der Waals surface area contributed by atoms with Crippen LogP contribution in [0, 0.1) is 0 Å². The average Bonchev–Trinajstić information content (AvgIpc) is 2.49. The highest BCUT2D eigenvalue weighted by molar-refractivity contribution is 5.93. The molecule has 1 aromatic carbocycles. The molecule has 4 nitrogen and oxygen atoms in total. The molecule has 0 bridgehead atoms. The van der Waals surface area contributed by atoms with E-state index in [9.17, 15) is 0 Å². The number of rotatable bonds is 3. The van der Waals surface area contributed by atoms with E-state index >= 15 is 0 Å². The van der Waals surface area contributed by atoms with Crippen molar-refractivity contribution in [2.75, 3.05) is 12.8 Å². The second-order valence-corrected chi connectivity index (χ2v) is 5.32. The largest absolute Gasteiger partial charge is 0.490 e. The van der Waals surface area contributed by atoms with Gasteiger partial charge in [0.2, 0.25) is 0 Å². The van der Waals surface area contributed by atoms with E-state index in [1.165, 1.54) is 0 Å². The zero-order valence-electron chi connectivity index (χ0n) is 11.7. The summed E-state index contributed by atoms with van der Waals surface area (Å²) in [6.07, 6.45) is 6.57. The molecular formula is C16H20N2O2. The van der Waals surface area contributed by atoms with E-state index in [2.05, 4.69) is 4.98 Å². The zero-order chi connectivity index (χ0) is 13.9. The highest BCUT2D eigenvalue weighted by Crippen LogP contribution is 2.31. The number of fused-ring (bicyclic) bond motifs is 1. The molecule has 2 unspecified atom stereocenters. The van der Waals surface area contributed by atoms with Crippen LogP contribution >= 0.6 is 0 Å². The van der Waals surface area contributed by atoms with E-state index in [0.29, 0.717) is 11.8 Å². The Morgan fingerprint density at radius 1 is 1.20 bits per heavy atom. The Balaban J connectivity index is 1.86. The summed E-state index contributed by atoms with van der Waals surface area (Å²) in [5.41, 5.74) is 7.46. The first-order valence-corrected chi connectivity index (χ1v) is 7.10. The van der Waals surface area contributed by atoms with E-state index in [1.54, 1.807) is 13.3 Å². The highest BCUT2D eigenvalue weighted by atomic mass is 16.5. The lowest BCUT2D eigenvalue weighted by molar-refractivity contribution is 0.0214. The minimum absolute atomic E-state index is 0.209. The molecule has 1 aliphatic carbocycles. The molecule has 0 saturated heterocycles. The molecule has 2 atom stereocenters. The maximum atomic E-state index is 6.18. The fraction of sp³-hybridized carbons (Fsp3) is 0.438. The summed E-state index contributed by atoms with van der Waals surface area (Å²) in [4.78, 5) is 4.34. The van der Waals surface area contributed by atoms with Crippen molar-refractivity contribution in [3.8, 4) is 5.75 Å². The van der Waals surface area contributed by atoms with Crippen LogP contribution < -0.4 is 10.5 Å². The Morgan fingerprint density at radius 2 is 2.05 bits per heavy atom. The van der Waals surface area contributed by atoms with Crippen molar-refractivity contribution in [3.05, 3.63) is 30.5 Å². The third kappa shape index (κ3) is 2.56. The van der Waals surface area contributed by atoms with Crippen LogP contribution in [0.25, 0.3) is 10.9 Å². The van der Waals surface area contributed by atoms with Gasteiger partial charge >= 0.3 is 0 Å². The van der Waals surface area contributed by atoms with Crippen molar-refractivity contribution < 1.29 is 9.47 Å². The van der Waals surface area contributed by atoms with E-state index < -0.39 is 0 Å². The Hall–Kier alpha value is -1.81. The van der Waals surface area contributed by atoms with Crippen LogP contribution in [-0.4, -0.2) is 24.3 Å². The number of ether oxygens (including phenoxy) is 2. The molecule has 0 radical (unpaired) electrons. The molecule has 1 aliphatic rings. The molecule has 2 aromatic rings. The van der Waals surface area contributed by atoms with Crippen LogP contribution in [0.1, 0.15) is 25.7 Å². The number of nitrogen functional groups attached to an aromatic ring is 1. The maximum absolute atomic E-state index is 6.18. The normalized spacial score (nSPS) is 22.9. The number of methoxy groups -OCH3 is 1. The molecule has 4 heteroatoms. The number of pyridine rings is 1. The Morgan fingerprint density at radius 3 is 2.90 bits per heavy atom. The van der Waals surface area contributed by atoms with Gasteiger partial charge in [0.1, 0.15) is 11.9 Å². The molecular weight excluding hydrogens is 252 g/mol. The lowest BCUT2D eigenvalue weighted by Gasteiger charge is -2.29. The number of para-hydroxylation sites is 1. The van der Waals surface area contributed by atoms with Gasteiger partial charge in [-0.25, -0.2) is 0 Å². The molecule has 1 fully saturated rings. The second-order valence-electron chi connectivity index (χ2n) is 5.32. The van der Waals surface area contributed by atoms with Gasteiger partial charge < -0.3 is 15.2 Å². The Labute approximate surface area is 118 Å². The number of hydrogen-bond acceptors (Lipinski definition) is 4. The first-order valence-electron chi connectivity index (χ1n) is 7.10. The average molecular weight is 272 g/mol. The Kier molecular flexibility index (Phi) is 3.74. The van der Waals surface area contributed by atoms with Crippen molar-refractivity contribution in [1.82, 2.24) is 4.98 Å². The minimum Gasteiger partial charge on any atom is -0.490 e. The van der Waals surface area contributed by atoms with Gasteiger partial charge in [-0.1, -0.05) is 6.07 Å². The van der Waals surface area contributed by atoms with Crippen LogP contribution in [-0.2, 0) is 4.74 Å². The first-order chi connectivity index (χ1) is 9.78. The maximum Gasteiger partial charge on any atom is 0.130 e. The second kappa shape index (κ2) is 5.67. The van der Waals surface area contributed by atoms with Gasteiger partial charge in [-0.3, -0.25) is 4.98 Å². The summed E-state index contributed by atoms with van der Waals surface area (Å²) < 4.78 is 11.6. The van der Waals surface area contributed by atoms with Crippen molar-refractivity contribution in [3.63, 3.8) is 0 Å². The fourth-order valence-corrected chi connectivity index (χ4v) is 2.88. The van der Waals surface area contributed by atoms with Crippen LogP contribution in [0.4, 0.5) is 5.69 Å². The van der Waals surface area contributed by atoms with Gasteiger partial charge in [0.05, 0.1) is 17.3 Å². The predicted octanol–water partition coefficient (Wildman–Crippen LogP) is 3.15. The van der Waals surface area contributed by atoms with Gasteiger partial charge in [-0.2, -0.15) is 0 Å². The SMILES string of the molecule is COC1CCCC(Oc2ccnc3c(N)cccc23)C1. The van der Waals surface area contributed by atoms with E-state index in [-0.39, 0.29) is 6.10 Å². The third-order valence-corrected chi connectivity index (χ3v) is 3.97. The fourth-order valence-electron chi connectivity index (χ4n) is 2.88. The van der Waals surface area contributed by atoms with Gasteiger partial charge in [-0.05, 0) is 37.5 Å². The molecule has 0 spiro atoms. The molecule has 0 amide bonds. The molecule has 1 saturated carbocycles. The molecule has 0 aliphatic heterocycles. The smallest absolute Gasteiger partial charge is 0.130 e. The summed E-state index contributed by atoms with van der Waals surface area (Å²) in [6.45, 7) is 0. The predicted molar refractivity (Wildman–Crippen MR) is 79.8 cm³/mol. The van der Waals surface area contributed by atoms with Crippen LogP contribution in [0.15, 0.2) is 30.5 Å². The number of anilines is 1. The lowest BCUT2D eigenvalue weighted by Crippen LogP contribution is -2.29. The molecule has 20 heavy (non-hydrogen) atoms. The molecule has 2 N–H and O–H groups in total. The van der Waals surface area contributed by atoms with E-state index in [0.717, 1.165) is 42.3 Å². The summed E-state index contributed by atoms with van der Waals surface area (Å²) in [7, 11) is 1.77. The van der Waals surface area contributed by atoms with Crippen LogP contribution in [0.2, 0.25) is 0 Å². The minimum atomic E-state index is 0.209. The number of nitrogens with two attached hydrogens (primary N) is 1. The molecule has 1 aromatic heterocycles. The Bertz CT molecular complexity index is 600. The lowest BCUT2D eigenvalue weighted by atomic mass is 9.95. The standard InChI is InChI=1S/C16H20N2O2/c1-19-11-4-2-5-12(10-11)20-15-8-9-18-16-13(15)6-3-7-14(16)17/h3,6-9,11-12H,2,4-5,10,17H2,1H3. The number of nitrogens with zero attached hydrogens (tertiary/aromatic N) is 1. The topological polar surface area (TPSA) is 57.4 Å². The number of hydrogen-bond donors (Lipinski definition) is 1. The summed E-state index contributed by atoms with van der Waals surface area (Å²) >= 11 is 0. The summed E-state index contributed by atoms with van der Waals surface area (Å²) in [5.74, 6) is 0.865. The van der Waals surface area contributed by atoms with Crippen molar-refractivity contribution in [2.24, 2.45) is 0 Å². The molecule has 1 heterocycles. The first kappa shape index (κ1) is 13.2. The number of aromatic nitrogens is 1. The van der Waals surface area contributed by atoms with Crippen molar-refractivity contribution >= 4 is 16.6 Å². The van der Waals surface area contributed by atoms with E-state index in [1.807, 2.05) is 24.3 Å². The van der Waals surface area contributed by atoms with Crippen LogP contribution in [0.3, 0.4) is 0 Å². The summed E-state index contributed by atoms with van der Waals surface area (Å²) in [5, 5.41) is 0.979. The van der Waals surface area contributed by atoms with Gasteiger partial charge in [0, 0.05) is 25.1 Å². The van der Waals surface area contributed by atoms with Gasteiger partial charge in [0.15, 0.2) is 0 Å². The summed E-state index contributed by atoms with van der Waals surface area (Å²) in [6, 6.07) is 7.72.